The number of nitrogens with one attached hydrogen (secondary N) is 1. The van der Waals surface area contributed by atoms with E-state index in [1.807, 2.05) is 4.90 Å². The Kier molecular flexibility index (Phi) is 5.79. The summed E-state index contributed by atoms with van der Waals surface area (Å²) < 4.78 is 0. The van der Waals surface area contributed by atoms with Gasteiger partial charge in [0.1, 0.15) is 0 Å². The van der Waals surface area contributed by atoms with Crippen molar-refractivity contribution in [2.75, 3.05) is 32.0 Å². The van der Waals surface area contributed by atoms with Crippen LogP contribution in [0.15, 0.2) is 36.9 Å². The third kappa shape index (κ3) is 4.58. The first-order valence-electron chi connectivity index (χ1n) is 8.03. The molecule has 0 bridgehead atoms. The lowest BCUT2D eigenvalue weighted by Crippen LogP contribution is -2.37. The summed E-state index contributed by atoms with van der Waals surface area (Å²) in [5, 5.41) is 2.79. The van der Waals surface area contributed by atoms with Gasteiger partial charge >= 0.3 is 6.03 Å². The molecule has 1 fully saturated rings. The van der Waals surface area contributed by atoms with Gasteiger partial charge in [-0.1, -0.05) is 13.0 Å². The number of hydrogen-bond donors (Lipinski definition) is 1. The topological polar surface area (TPSA) is 52.7 Å². The van der Waals surface area contributed by atoms with Crippen molar-refractivity contribution in [1.82, 2.24) is 9.80 Å². The number of likely N-dealkylation sites (tertiary alicyclic amines) is 1. The first kappa shape index (κ1) is 17.1. The molecule has 124 valence electrons. The number of amides is 3. The Labute approximate surface area is 138 Å². The van der Waals surface area contributed by atoms with Crippen molar-refractivity contribution in [1.29, 1.82) is 0 Å². The minimum absolute atomic E-state index is 0.0681. The number of carbonyl (C=O) groups excluding carboxylic acids is 2. The maximum absolute atomic E-state index is 12.5. The summed E-state index contributed by atoms with van der Waals surface area (Å²) in [6.45, 7) is 7.96. The fourth-order valence-corrected chi connectivity index (χ4v) is 2.59. The zero-order valence-corrected chi connectivity index (χ0v) is 13.9. The summed E-state index contributed by atoms with van der Waals surface area (Å²) in [5.74, 6) is 0.766. The van der Waals surface area contributed by atoms with Crippen molar-refractivity contribution in [3.05, 3.63) is 42.5 Å². The summed E-state index contributed by atoms with van der Waals surface area (Å²) in [6, 6.07) is 6.86. The molecule has 1 N–H and O–H groups in total. The molecule has 0 saturated carbocycles. The highest BCUT2D eigenvalue weighted by molar-refractivity contribution is 5.95. The Hall–Kier alpha value is -2.30. The molecule has 1 aliphatic heterocycles. The lowest BCUT2D eigenvalue weighted by Gasteiger charge is -2.30. The van der Waals surface area contributed by atoms with Gasteiger partial charge < -0.3 is 15.1 Å². The molecule has 0 aromatic heterocycles. The smallest absolute Gasteiger partial charge is 0.321 e. The van der Waals surface area contributed by atoms with Crippen LogP contribution in [0.4, 0.5) is 10.5 Å². The van der Waals surface area contributed by atoms with Crippen molar-refractivity contribution < 1.29 is 9.59 Å². The predicted octanol–water partition coefficient (Wildman–Crippen LogP) is 3.21. The molecule has 0 atom stereocenters. The number of benzene rings is 1. The molecule has 3 amide bonds. The molecule has 5 heteroatoms. The third-order valence-electron chi connectivity index (χ3n) is 4.20. The fourth-order valence-electron chi connectivity index (χ4n) is 2.59. The quantitative estimate of drug-likeness (QED) is 0.867. The summed E-state index contributed by atoms with van der Waals surface area (Å²) in [5.41, 5.74) is 1.34. The van der Waals surface area contributed by atoms with Crippen molar-refractivity contribution in [2.45, 2.75) is 19.8 Å². The number of nitrogens with zero attached hydrogens (tertiary/aromatic N) is 2. The second-order valence-electron chi connectivity index (χ2n) is 6.15. The zero-order chi connectivity index (χ0) is 16.8. The molecule has 0 radical (unpaired) electrons. The number of rotatable bonds is 4. The number of piperidine rings is 1. The maximum atomic E-state index is 12.5. The maximum Gasteiger partial charge on any atom is 0.321 e. The molecule has 1 aromatic rings. The number of urea groups is 1. The Balaban J connectivity index is 1.95. The van der Waals surface area contributed by atoms with Crippen molar-refractivity contribution >= 4 is 17.6 Å². The molecule has 5 nitrogen and oxygen atoms in total. The van der Waals surface area contributed by atoms with Crippen LogP contribution in [0, 0.1) is 5.92 Å². The van der Waals surface area contributed by atoms with Crippen LogP contribution in [0.25, 0.3) is 0 Å². The third-order valence-corrected chi connectivity index (χ3v) is 4.20. The van der Waals surface area contributed by atoms with Crippen LogP contribution in [0.1, 0.15) is 30.1 Å². The Morgan fingerprint density at radius 2 is 1.91 bits per heavy atom. The highest BCUT2D eigenvalue weighted by atomic mass is 16.2. The van der Waals surface area contributed by atoms with Crippen molar-refractivity contribution in [3.8, 4) is 0 Å². The van der Waals surface area contributed by atoms with Gasteiger partial charge in [-0.05, 0) is 43.0 Å². The average molecular weight is 315 g/mol. The van der Waals surface area contributed by atoms with E-state index >= 15 is 0 Å². The van der Waals surface area contributed by atoms with E-state index in [-0.39, 0.29) is 11.9 Å². The molecule has 0 aliphatic carbocycles. The first-order chi connectivity index (χ1) is 11.0. The molecule has 0 unspecified atom stereocenters. The van der Waals surface area contributed by atoms with E-state index in [1.165, 1.54) is 4.90 Å². The lowest BCUT2D eigenvalue weighted by atomic mass is 9.98. The number of anilines is 1. The minimum Gasteiger partial charge on any atom is -0.339 e. The van der Waals surface area contributed by atoms with Gasteiger partial charge in [0.2, 0.25) is 0 Å². The molecule has 1 aliphatic rings. The van der Waals surface area contributed by atoms with E-state index in [0.29, 0.717) is 23.7 Å². The van der Waals surface area contributed by atoms with E-state index in [4.69, 9.17) is 0 Å². The molecular formula is C18H25N3O2. The molecule has 1 aromatic carbocycles. The molecular weight excluding hydrogens is 290 g/mol. The van der Waals surface area contributed by atoms with Gasteiger partial charge in [0, 0.05) is 37.9 Å². The second kappa shape index (κ2) is 7.81. The van der Waals surface area contributed by atoms with Crippen LogP contribution in [0.3, 0.4) is 0 Å². The van der Waals surface area contributed by atoms with Gasteiger partial charge in [0.25, 0.3) is 5.91 Å². The van der Waals surface area contributed by atoms with Gasteiger partial charge in [0.05, 0.1) is 0 Å². The monoisotopic (exact) mass is 315 g/mol. The molecule has 1 saturated heterocycles. The van der Waals surface area contributed by atoms with Gasteiger partial charge in [-0.3, -0.25) is 4.79 Å². The summed E-state index contributed by atoms with van der Waals surface area (Å²) in [4.78, 5) is 27.8. The Bertz CT molecular complexity index is 560. The van der Waals surface area contributed by atoms with E-state index in [2.05, 4.69) is 18.8 Å². The standard InChI is InChI=1S/C18H25N3O2/c1-4-11-20(3)18(23)19-16-7-5-15(6-8-16)17(22)21-12-9-14(2)10-13-21/h4-8,14H,1,9-13H2,2-3H3,(H,19,23). The van der Waals surface area contributed by atoms with Gasteiger partial charge in [-0.25, -0.2) is 4.79 Å². The highest BCUT2D eigenvalue weighted by Crippen LogP contribution is 2.19. The van der Waals surface area contributed by atoms with Crippen LogP contribution < -0.4 is 5.32 Å². The molecule has 23 heavy (non-hydrogen) atoms. The van der Waals surface area contributed by atoms with E-state index in [9.17, 15) is 9.59 Å². The second-order valence-corrected chi connectivity index (χ2v) is 6.15. The van der Waals surface area contributed by atoms with E-state index in [1.54, 1.807) is 37.4 Å². The highest BCUT2D eigenvalue weighted by Gasteiger charge is 2.21. The predicted molar refractivity (Wildman–Crippen MR) is 92.6 cm³/mol. The summed E-state index contributed by atoms with van der Waals surface area (Å²) >= 11 is 0. The lowest BCUT2D eigenvalue weighted by molar-refractivity contribution is 0.0697. The van der Waals surface area contributed by atoms with Crippen LogP contribution in [0.5, 0.6) is 0 Å². The minimum atomic E-state index is -0.200. The molecule has 1 heterocycles. The number of likely N-dealkylation sites (N-methyl/N-ethyl adjacent to an activating group) is 1. The number of carbonyl (C=O) groups is 2. The van der Waals surface area contributed by atoms with E-state index in [0.717, 1.165) is 25.9 Å². The van der Waals surface area contributed by atoms with Crippen molar-refractivity contribution in [3.63, 3.8) is 0 Å². The van der Waals surface area contributed by atoms with E-state index < -0.39 is 0 Å². The van der Waals surface area contributed by atoms with Crippen LogP contribution in [0.2, 0.25) is 0 Å². The largest absolute Gasteiger partial charge is 0.339 e. The first-order valence-corrected chi connectivity index (χ1v) is 8.03. The fraction of sp³-hybridized carbons (Fsp3) is 0.444. The zero-order valence-electron chi connectivity index (χ0n) is 13.9. The summed E-state index contributed by atoms with van der Waals surface area (Å²) in [6.07, 6.45) is 3.80. The van der Waals surface area contributed by atoms with Crippen LogP contribution in [-0.4, -0.2) is 48.4 Å². The van der Waals surface area contributed by atoms with Crippen LogP contribution in [-0.2, 0) is 0 Å². The number of hydrogen-bond acceptors (Lipinski definition) is 2. The van der Waals surface area contributed by atoms with Crippen LogP contribution >= 0.6 is 0 Å². The summed E-state index contributed by atoms with van der Waals surface area (Å²) in [7, 11) is 1.70. The molecule has 2 rings (SSSR count). The Morgan fingerprint density at radius 3 is 2.48 bits per heavy atom. The SMILES string of the molecule is C=CCN(C)C(=O)Nc1ccc(C(=O)N2CCC(C)CC2)cc1. The van der Waals surface area contributed by atoms with Gasteiger partial charge in [-0.15, -0.1) is 6.58 Å². The normalized spacial score (nSPS) is 15.1. The Morgan fingerprint density at radius 1 is 1.30 bits per heavy atom. The van der Waals surface area contributed by atoms with Gasteiger partial charge in [-0.2, -0.15) is 0 Å². The molecule has 0 spiro atoms. The van der Waals surface area contributed by atoms with Gasteiger partial charge in [0.15, 0.2) is 0 Å². The van der Waals surface area contributed by atoms with Crippen molar-refractivity contribution in [2.24, 2.45) is 5.92 Å². The average Bonchev–Trinajstić information content (AvgIpc) is 2.56.